The molecule has 9 nitrogen and oxygen atoms in total. The highest BCUT2D eigenvalue weighted by atomic mass is 16.5. The standard InChI is InChI=1S/C18H27N3O6/c1-11(2)9-19-18(26)20-14(22)10-27-15(23)7-8-21-16(24)12-5-3-4-6-13(12)17(21)25/h11-13H,3-10H2,1-2H3,(H2,19,20,22,26)/t12-,13+. The molecule has 2 atom stereocenters. The normalized spacial score (nSPS) is 21.8. The van der Waals surface area contributed by atoms with Crippen LogP contribution in [0.25, 0.3) is 0 Å². The maximum atomic E-state index is 12.3. The van der Waals surface area contributed by atoms with Crippen LogP contribution in [0.2, 0.25) is 0 Å². The van der Waals surface area contributed by atoms with Gasteiger partial charge in [-0.3, -0.25) is 29.4 Å². The summed E-state index contributed by atoms with van der Waals surface area (Å²) in [6.07, 6.45) is 3.14. The van der Waals surface area contributed by atoms with Crippen LogP contribution in [0.1, 0.15) is 46.0 Å². The lowest BCUT2D eigenvalue weighted by atomic mass is 9.81. The molecule has 2 fully saturated rings. The second-order valence-corrected chi connectivity index (χ2v) is 7.39. The summed E-state index contributed by atoms with van der Waals surface area (Å²) >= 11 is 0. The minimum absolute atomic E-state index is 0.0417. The smallest absolute Gasteiger partial charge is 0.321 e. The van der Waals surface area contributed by atoms with Gasteiger partial charge in [0.1, 0.15) is 0 Å². The Morgan fingerprint density at radius 3 is 2.26 bits per heavy atom. The van der Waals surface area contributed by atoms with Crippen molar-refractivity contribution in [3.63, 3.8) is 0 Å². The molecular formula is C18H27N3O6. The number of hydrogen-bond donors (Lipinski definition) is 2. The van der Waals surface area contributed by atoms with Gasteiger partial charge < -0.3 is 10.1 Å². The third-order valence-corrected chi connectivity index (χ3v) is 4.76. The van der Waals surface area contributed by atoms with E-state index in [1.165, 1.54) is 0 Å². The molecule has 0 bridgehead atoms. The van der Waals surface area contributed by atoms with Gasteiger partial charge in [0.2, 0.25) is 11.8 Å². The van der Waals surface area contributed by atoms with Gasteiger partial charge in [-0.2, -0.15) is 0 Å². The van der Waals surface area contributed by atoms with Crippen molar-refractivity contribution in [2.24, 2.45) is 17.8 Å². The maximum Gasteiger partial charge on any atom is 0.321 e. The molecule has 2 rings (SSSR count). The van der Waals surface area contributed by atoms with Crippen molar-refractivity contribution in [2.75, 3.05) is 19.7 Å². The minimum Gasteiger partial charge on any atom is -0.456 e. The molecule has 0 radical (unpaired) electrons. The van der Waals surface area contributed by atoms with E-state index in [1.54, 1.807) is 0 Å². The van der Waals surface area contributed by atoms with Crippen LogP contribution in [0.15, 0.2) is 0 Å². The summed E-state index contributed by atoms with van der Waals surface area (Å²) in [5.41, 5.74) is 0. The number of fused-ring (bicyclic) bond motifs is 1. The Labute approximate surface area is 158 Å². The lowest BCUT2D eigenvalue weighted by Gasteiger charge is -2.19. The lowest BCUT2D eigenvalue weighted by molar-refractivity contribution is -0.149. The number of nitrogens with zero attached hydrogens (tertiary/aromatic N) is 1. The zero-order valence-electron chi connectivity index (χ0n) is 15.8. The molecule has 1 aliphatic carbocycles. The summed E-state index contributed by atoms with van der Waals surface area (Å²) in [6, 6.07) is -0.652. The fraction of sp³-hybridized carbons (Fsp3) is 0.722. The number of esters is 1. The predicted molar refractivity (Wildman–Crippen MR) is 94.1 cm³/mol. The number of nitrogens with one attached hydrogen (secondary N) is 2. The highest BCUT2D eigenvalue weighted by molar-refractivity contribution is 6.05. The quantitative estimate of drug-likeness (QED) is 0.491. The van der Waals surface area contributed by atoms with Gasteiger partial charge in [0, 0.05) is 13.1 Å². The minimum atomic E-state index is -0.746. The van der Waals surface area contributed by atoms with Crippen LogP contribution in [0.4, 0.5) is 4.79 Å². The molecule has 1 saturated carbocycles. The zero-order chi connectivity index (χ0) is 20.0. The number of urea groups is 1. The first-order valence-electron chi connectivity index (χ1n) is 9.38. The number of imide groups is 2. The van der Waals surface area contributed by atoms with E-state index in [9.17, 15) is 24.0 Å². The van der Waals surface area contributed by atoms with Crippen LogP contribution in [0.3, 0.4) is 0 Å². The molecule has 0 aromatic rings. The second-order valence-electron chi connectivity index (χ2n) is 7.39. The first-order chi connectivity index (χ1) is 12.8. The van der Waals surface area contributed by atoms with E-state index in [0.717, 1.165) is 30.6 Å². The van der Waals surface area contributed by atoms with Crippen molar-refractivity contribution in [1.82, 2.24) is 15.5 Å². The van der Waals surface area contributed by atoms with Gasteiger partial charge in [0.15, 0.2) is 6.61 Å². The Bertz CT molecular complexity index is 594. The van der Waals surface area contributed by atoms with Gasteiger partial charge in [0.05, 0.1) is 18.3 Å². The first-order valence-corrected chi connectivity index (χ1v) is 9.38. The highest BCUT2D eigenvalue weighted by Crippen LogP contribution is 2.37. The molecule has 1 heterocycles. The van der Waals surface area contributed by atoms with Crippen LogP contribution in [0.5, 0.6) is 0 Å². The van der Waals surface area contributed by atoms with Crippen molar-refractivity contribution in [2.45, 2.75) is 46.0 Å². The van der Waals surface area contributed by atoms with Crippen molar-refractivity contribution in [3.05, 3.63) is 0 Å². The molecule has 0 spiro atoms. The third kappa shape index (κ3) is 5.77. The summed E-state index contributed by atoms with van der Waals surface area (Å²) in [5.74, 6) is -2.14. The maximum absolute atomic E-state index is 12.3. The van der Waals surface area contributed by atoms with Crippen LogP contribution in [-0.2, 0) is 23.9 Å². The molecule has 0 aromatic carbocycles. The number of hydrogen-bond acceptors (Lipinski definition) is 6. The Morgan fingerprint density at radius 1 is 1.11 bits per heavy atom. The number of amides is 5. The van der Waals surface area contributed by atoms with E-state index in [2.05, 4.69) is 10.6 Å². The predicted octanol–water partition coefficient (Wildman–Crippen LogP) is 0.577. The number of ether oxygens (including phenoxy) is 1. The monoisotopic (exact) mass is 381 g/mol. The van der Waals surface area contributed by atoms with Crippen LogP contribution < -0.4 is 10.6 Å². The van der Waals surface area contributed by atoms with Gasteiger partial charge in [-0.1, -0.05) is 26.7 Å². The van der Waals surface area contributed by atoms with Crippen molar-refractivity contribution in [3.8, 4) is 0 Å². The molecule has 0 unspecified atom stereocenters. The highest BCUT2D eigenvalue weighted by Gasteiger charge is 2.47. The Morgan fingerprint density at radius 2 is 1.70 bits per heavy atom. The van der Waals surface area contributed by atoms with Crippen molar-refractivity contribution in [1.29, 1.82) is 0 Å². The van der Waals surface area contributed by atoms with Gasteiger partial charge in [-0.15, -0.1) is 0 Å². The first kappa shape index (κ1) is 20.9. The molecular weight excluding hydrogens is 354 g/mol. The molecule has 27 heavy (non-hydrogen) atoms. The SMILES string of the molecule is CC(C)CNC(=O)NC(=O)COC(=O)CCN1C(=O)[C@H]2CCCC[C@H]2C1=O. The van der Waals surface area contributed by atoms with Crippen molar-refractivity contribution < 1.29 is 28.7 Å². The molecule has 1 saturated heterocycles. The van der Waals surface area contributed by atoms with E-state index in [0.29, 0.717) is 6.54 Å². The van der Waals surface area contributed by atoms with Crippen LogP contribution >= 0.6 is 0 Å². The van der Waals surface area contributed by atoms with E-state index >= 15 is 0 Å². The molecule has 9 heteroatoms. The lowest BCUT2D eigenvalue weighted by Crippen LogP contribution is -2.42. The molecule has 1 aliphatic heterocycles. The van der Waals surface area contributed by atoms with Crippen LogP contribution in [0, 0.1) is 17.8 Å². The molecule has 5 amide bonds. The van der Waals surface area contributed by atoms with E-state index in [4.69, 9.17) is 4.74 Å². The fourth-order valence-electron chi connectivity index (χ4n) is 3.38. The topological polar surface area (TPSA) is 122 Å². The molecule has 2 aliphatic rings. The molecule has 150 valence electrons. The average Bonchev–Trinajstić information content (AvgIpc) is 2.87. The third-order valence-electron chi connectivity index (χ3n) is 4.76. The fourth-order valence-corrected chi connectivity index (χ4v) is 3.38. The Balaban J connectivity index is 1.69. The zero-order valence-corrected chi connectivity index (χ0v) is 15.8. The largest absolute Gasteiger partial charge is 0.456 e. The van der Waals surface area contributed by atoms with Crippen LogP contribution in [-0.4, -0.2) is 54.3 Å². The summed E-state index contributed by atoms with van der Waals surface area (Å²) < 4.78 is 4.80. The second kappa shape index (κ2) is 9.48. The van der Waals surface area contributed by atoms with Gasteiger partial charge in [0.25, 0.3) is 5.91 Å². The summed E-state index contributed by atoms with van der Waals surface area (Å²) in [6.45, 7) is 3.60. The van der Waals surface area contributed by atoms with Gasteiger partial charge >= 0.3 is 12.0 Å². The Hall–Kier alpha value is -2.45. The van der Waals surface area contributed by atoms with Gasteiger partial charge in [-0.05, 0) is 18.8 Å². The number of likely N-dealkylation sites (tertiary alicyclic amines) is 1. The van der Waals surface area contributed by atoms with E-state index in [1.807, 2.05) is 13.8 Å². The number of carbonyl (C=O) groups is 5. The van der Waals surface area contributed by atoms with E-state index < -0.39 is 24.5 Å². The summed E-state index contributed by atoms with van der Waals surface area (Å²) in [5, 5.41) is 4.55. The summed E-state index contributed by atoms with van der Waals surface area (Å²) in [4.78, 5) is 60.5. The number of carbonyl (C=O) groups excluding carboxylic acids is 5. The van der Waals surface area contributed by atoms with Crippen molar-refractivity contribution >= 4 is 29.7 Å². The number of rotatable bonds is 7. The molecule has 0 aromatic heterocycles. The van der Waals surface area contributed by atoms with Gasteiger partial charge in [-0.25, -0.2) is 4.79 Å². The average molecular weight is 381 g/mol. The summed E-state index contributed by atoms with van der Waals surface area (Å²) in [7, 11) is 0. The van der Waals surface area contributed by atoms with E-state index in [-0.39, 0.29) is 42.5 Å². The Kier molecular flexibility index (Phi) is 7.32. The molecule has 2 N–H and O–H groups in total.